The first kappa shape index (κ1) is 30.4. The maximum atomic E-state index is 10.2. The smallest absolute Gasteiger partial charge is 0.0739 e. The third-order valence-electron chi connectivity index (χ3n) is 5.25. The van der Waals surface area contributed by atoms with E-state index in [9.17, 15) is 9.90 Å². The zero-order valence-corrected chi connectivity index (χ0v) is 20.0. The summed E-state index contributed by atoms with van der Waals surface area (Å²) in [5.74, 6) is -0.914. The van der Waals surface area contributed by atoms with E-state index in [4.69, 9.17) is 0 Å². The van der Waals surface area contributed by atoms with Crippen LogP contribution in [0, 0.1) is 0 Å². The van der Waals surface area contributed by atoms with Crippen molar-refractivity contribution in [2.45, 2.75) is 142 Å². The molecule has 0 aromatic heterocycles. The monoisotopic (exact) mass is 411 g/mol. The van der Waals surface area contributed by atoms with Gasteiger partial charge in [-0.25, -0.2) is 0 Å². The first-order chi connectivity index (χ1) is 14.2. The minimum absolute atomic E-state index is 0.220. The quantitative estimate of drug-likeness (QED) is 0.176. The molecule has 0 radical (unpaired) electrons. The summed E-state index contributed by atoms with van der Waals surface area (Å²) >= 11 is 0. The minimum Gasteiger partial charge on any atom is -0.550 e. The number of quaternary nitrogens is 1. The molecule has 174 valence electrons. The van der Waals surface area contributed by atoms with Gasteiger partial charge in [-0.2, -0.15) is 0 Å². The highest BCUT2D eigenvalue weighted by Gasteiger charge is 1.91. The van der Waals surface area contributed by atoms with Crippen LogP contribution in [0.3, 0.4) is 0 Å². The third-order valence-corrected chi connectivity index (χ3v) is 5.25. The molecule has 0 aliphatic heterocycles. The van der Waals surface area contributed by atoms with E-state index >= 15 is 0 Å². The van der Waals surface area contributed by atoms with E-state index in [2.05, 4.69) is 31.7 Å². The molecule has 3 N–H and O–H groups in total. The maximum Gasteiger partial charge on any atom is 0.0739 e. The largest absolute Gasteiger partial charge is 0.550 e. The Morgan fingerprint density at radius 1 is 0.621 bits per heavy atom. The molecular formula is C26H53NO2. The lowest BCUT2D eigenvalue weighted by Crippen LogP contribution is -2.50. The van der Waals surface area contributed by atoms with Crippen LogP contribution in [0.1, 0.15) is 142 Å². The molecule has 29 heavy (non-hydrogen) atoms. The van der Waals surface area contributed by atoms with Gasteiger partial charge >= 0.3 is 0 Å². The predicted molar refractivity (Wildman–Crippen MR) is 126 cm³/mol. The second kappa shape index (κ2) is 29.4. The second-order valence-electron chi connectivity index (χ2n) is 8.33. The lowest BCUT2D eigenvalue weighted by atomic mass is 10.1. The van der Waals surface area contributed by atoms with E-state index in [-0.39, 0.29) is 6.42 Å². The molecule has 0 aromatic rings. The number of rotatable bonds is 21. The van der Waals surface area contributed by atoms with Crippen LogP contribution >= 0.6 is 0 Å². The molecule has 3 heteroatoms. The van der Waals surface area contributed by atoms with Crippen molar-refractivity contribution in [2.75, 3.05) is 6.54 Å². The van der Waals surface area contributed by atoms with E-state index in [1.165, 1.54) is 103 Å². The van der Waals surface area contributed by atoms with E-state index in [1.54, 1.807) is 0 Å². The summed E-state index contributed by atoms with van der Waals surface area (Å²) in [6.45, 7) is 5.62. The molecule has 0 saturated heterocycles. The van der Waals surface area contributed by atoms with E-state index in [0.29, 0.717) is 0 Å². The van der Waals surface area contributed by atoms with Gasteiger partial charge < -0.3 is 15.6 Å². The number of unbranched alkanes of at least 4 members (excludes halogenated alkanes) is 16. The Kier molecular flexibility index (Phi) is 30.8. The summed E-state index contributed by atoms with van der Waals surface area (Å²) in [6.07, 6.45) is 29.2. The van der Waals surface area contributed by atoms with Crippen LogP contribution in [0.2, 0.25) is 0 Å². The van der Waals surface area contributed by atoms with Crippen LogP contribution in [-0.2, 0) is 4.79 Å². The van der Waals surface area contributed by atoms with Crippen LogP contribution < -0.4 is 10.8 Å². The average molecular weight is 412 g/mol. The second-order valence-corrected chi connectivity index (χ2v) is 8.33. The van der Waals surface area contributed by atoms with E-state index < -0.39 is 5.97 Å². The van der Waals surface area contributed by atoms with Gasteiger partial charge in [0.2, 0.25) is 0 Å². The SMILES string of the molecule is CCCCCCCC/C=C\CCCCCCCC(=O)[O-].CCCCCCCC[NH3+]. The number of allylic oxidation sites excluding steroid dienone is 2. The Bertz CT molecular complexity index is 323. The van der Waals surface area contributed by atoms with Gasteiger partial charge in [0.1, 0.15) is 0 Å². The predicted octanol–water partition coefficient (Wildman–Crippen LogP) is 6.36. The average Bonchev–Trinajstić information content (AvgIpc) is 2.71. The summed E-state index contributed by atoms with van der Waals surface area (Å²) in [5.41, 5.74) is 3.80. The van der Waals surface area contributed by atoms with Crippen molar-refractivity contribution >= 4 is 5.97 Å². The fourth-order valence-electron chi connectivity index (χ4n) is 3.30. The third kappa shape index (κ3) is 35.0. The Balaban J connectivity index is 0. The number of hydrogen-bond acceptors (Lipinski definition) is 2. The minimum atomic E-state index is -0.914. The molecule has 0 heterocycles. The summed E-state index contributed by atoms with van der Waals surface area (Å²) in [5, 5.41) is 10.2. The molecule has 3 nitrogen and oxygen atoms in total. The van der Waals surface area contributed by atoms with Gasteiger partial charge in [0.05, 0.1) is 6.54 Å². The molecule has 0 spiro atoms. The molecule has 0 rings (SSSR count). The van der Waals surface area contributed by atoms with Crippen molar-refractivity contribution in [2.24, 2.45) is 0 Å². The van der Waals surface area contributed by atoms with Gasteiger partial charge in [-0.05, 0) is 51.4 Å². The van der Waals surface area contributed by atoms with Crippen molar-refractivity contribution in [3.05, 3.63) is 12.2 Å². The van der Waals surface area contributed by atoms with Crippen molar-refractivity contribution < 1.29 is 15.6 Å². The fourth-order valence-corrected chi connectivity index (χ4v) is 3.30. The molecule has 0 atom stereocenters. The fraction of sp³-hybridized carbons (Fsp3) is 0.885. The highest BCUT2D eigenvalue weighted by molar-refractivity contribution is 5.63. The molecule has 0 fully saturated rings. The molecule has 0 amide bonds. The van der Waals surface area contributed by atoms with Crippen LogP contribution in [-0.4, -0.2) is 12.5 Å². The van der Waals surface area contributed by atoms with Crippen molar-refractivity contribution in [3.63, 3.8) is 0 Å². The summed E-state index contributed by atoms with van der Waals surface area (Å²) in [4.78, 5) is 10.2. The number of hydrogen-bond donors (Lipinski definition) is 1. The molecular weight excluding hydrogens is 358 g/mol. The summed E-state index contributed by atoms with van der Waals surface area (Å²) in [6, 6.07) is 0. The van der Waals surface area contributed by atoms with Crippen molar-refractivity contribution in [1.29, 1.82) is 0 Å². The molecule has 0 aromatic carbocycles. The van der Waals surface area contributed by atoms with Gasteiger partial charge in [0.15, 0.2) is 0 Å². The van der Waals surface area contributed by atoms with Gasteiger partial charge in [-0.1, -0.05) is 103 Å². The van der Waals surface area contributed by atoms with Gasteiger partial charge in [-0.3, -0.25) is 0 Å². The molecule has 0 aliphatic carbocycles. The molecule has 0 saturated carbocycles. The number of aliphatic carboxylic acids is 1. The number of carbonyl (C=O) groups excluding carboxylic acids is 1. The first-order valence-corrected chi connectivity index (χ1v) is 12.8. The van der Waals surface area contributed by atoms with Crippen molar-refractivity contribution in [3.8, 4) is 0 Å². The van der Waals surface area contributed by atoms with Crippen LogP contribution in [0.5, 0.6) is 0 Å². The zero-order chi connectivity index (χ0) is 21.8. The van der Waals surface area contributed by atoms with Gasteiger partial charge in [0, 0.05) is 5.97 Å². The van der Waals surface area contributed by atoms with E-state index in [1.807, 2.05) is 0 Å². The van der Waals surface area contributed by atoms with Crippen LogP contribution in [0.15, 0.2) is 12.2 Å². The lowest BCUT2D eigenvalue weighted by molar-refractivity contribution is -0.368. The summed E-state index contributed by atoms with van der Waals surface area (Å²) < 4.78 is 0. The lowest BCUT2D eigenvalue weighted by Gasteiger charge is -2.01. The van der Waals surface area contributed by atoms with Crippen LogP contribution in [0.25, 0.3) is 0 Å². The Hall–Kier alpha value is -0.830. The van der Waals surface area contributed by atoms with Gasteiger partial charge in [0.25, 0.3) is 0 Å². The number of carboxylic acid groups (broad SMARTS) is 1. The summed E-state index contributed by atoms with van der Waals surface area (Å²) in [7, 11) is 0. The molecule has 0 unspecified atom stereocenters. The number of carbonyl (C=O) groups is 1. The van der Waals surface area contributed by atoms with Crippen LogP contribution in [0.4, 0.5) is 0 Å². The highest BCUT2D eigenvalue weighted by atomic mass is 16.4. The van der Waals surface area contributed by atoms with E-state index in [0.717, 1.165) is 25.8 Å². The molecule has 0 bridgehead atoms. The molecule has 0 aliphatic rings. The topological polar surface area (TPSA) is 67.8 Å². The van der Waals surface area contributed by atoms with Gasteiger partial charge in [-0.15, -0.1) is 0 Å². The highest BCUT2D eigenvalue weighted by Crippen LogP contribution is 2.09. The normalized spacial score (nSPS) is 10.9. The standard InChI is InChI=1S/C18H34O2.C8H19N/c1-2-3-4-5-6-7-8-9-10-11-12-13-14-15-16-17-18(19)20;1-2-3-4-5-6-7-8-9/h9-10H,2-8,11-17H2,1H3,(H,19,20);2-9H2,1H3/b10-9-;. The Morgan fingerprint density at radius 2 is 1.00 bits per heavy atom. The Morgan fingerprint density at radius 3 is 1.41 bits per heavy atom. The first-order valence-electron chi connectivity index (χ1n) is 12.8. The van der Waals surface area contributed by atoms with Crippen molar-refractivity contribution in [1.82, 2.24) is 0 Å². The zero-order valence-electron chi connectivity index (χ0n) is 20.0. The number of carboxylic acids is 1. The Labute approximate surface area is 182 Å². The maximum absolute atomic E-state index is 10.2.